The molecular weight excluding hydrogens is 336 g/mol. The third-order valence-corrected chi connectivity index (χ3v) is 5.23. The predicted molar refractivity (Wildman–Crippen MR) is 108 cm³/mol. The van der Waals surface area contributed by atoms with Gasteiger partial charge in [0.1, 0.15) is 0 Å². The molecule has 27 heavy (non-hydrogen) atoms. The summed E-state index contributed by atoms with van der Waals surface area (Å²) in [5.41, 5.74) is 9.99. The first-order valence-electron chi connectivity index (χ1n) is 9.27. The lowest BCUT2D eigenvalue weighted by Gasteiger charge is -2.38. The Morgan fingerprint density at radius 2 is 1.89 bits per heavy atom. The quantitative estimate of drug-likeness (QED) is 0.503. The Morgan fingerprint density at radius 1 is 1.19 bits per heavy atom. The van der Waals surface area contributed by atoms with Crippen LogP contribution in [0.2, 0.25) is 0 Å². The van der Waals surface area contributed by atoms with E-state index < -0.39 is 0 Å². The molecule has 140 valence electrons. The molecule has 1 aliphatic heterocycles. The van der Waals surface area contributed by atoms with Crippen molar-refractivity contribution in [2.75, 3.05) is 25.9 Å². The summed E-state index contributed by atoms with van der Waals surface area (Å²) < 4.78 is 4.90. The van der Waals surface area contributed by atoms with Crippen molar-refractivity contribution in [1.29, 1.82) is 0 Å². The minimum Gasteiger partial charge on any atom is -0.469 e. The third-order valence-electron chi connectivity index (χ3n) is 5.23. The maximum Gasteiger partial charge on any atom is 0.305 e. The van der Waals surface area contributed by atoms with Crippen molar-refractivity contribution >= 4 is 11.7 Å². The van der Waals surface area contributed by atoms with Crippen LogP contribution in [-0.4, -0.2) is 31.1 Å². The van der Waals surface area contributed by atoms with Gasteiger partial charge < -0.3 is 10.5 Å². The molecule has 4 heteroatoms. The molecule has 0 bridgehead atoms. The summed E-state index contributed by atoms with van der Waals surface area (Å²) in [6, 6.07) is 16.2. The summed E-state index contributed by atoms with van der Waals surface area (Å²) in [4.78, 5) is 14.2. The largest absolute Gasteiger partial charge is 0.469 e. The second kappa shape index (κ2) is 8.75. The van der Waals surface area contributed by atoms with E-state index >= 15 is 0 Å². The normalized spacial score (nSPS) is 20.0. The fourth-order valence-corrected chi connectivity index (χ4v) is 3.87. The van der Waals surface area contributed by atoms with E-state index in [9.17, 15) is 4.79 Å². The lowest BCUT2D eigenvalue weighted by atomic mass is 9.83. The fourth-order valence-electron chi connectivity index (χ4n) is 3.87. The Morgan fingerprint density at radius 3 is 2.52 bits per heavy atom. The number of nitrogens with zero attached hydrogens (tertiary/aromatic N) is 1. The number of esters is 1. The van der Waals surface area contributed by atoms with Crippen LogP contribution < -0.4 is 5.73 Å². The van der Waals surface area contributed by atoms with Crippen LogP contribution in [0.3, 0.4) is 0 Å². The van der Waals surface area contributed by atoms with Crippen molar-refractivity contribution in [3.8, 4) is 12.3 Å². The van der Waals surface area contributed by atoms with E-state index in [-0.39, 0.29) is 11.9 Å². The minimum atomic E-state index is -0.142. The lowest BCUT2D eigenvalue weighted by molar-refractivity contribution is -0.142. The number of carbonyl (C=O) groups is 1. The van der Waals surface area contributed by atoms with E-state index in [2.05, 4.69) is 35.1 Å². The molecule has 3 rings (SSSR count). The van der Waals surface area contributed by atoms with E-state index in [4.69, 9.17) is 16.9 Å². The molecule has 0 aliphatic carbocycles. The second-order valence-electron chi connectivity index (χ2n) is 7.28. The molecule has 0 spiro atoms. The maximum absolute atomic E-state index is 11.8. The van der Waals surface area contributed by atoms with Gasteiger partial charge in [-0.2, -0.15) is 0 Å². The van der Waals surface area contributed by atoms with Gasteiger partial charge in [0.05, 0.1) is 7.11 Å². The van der Waals surface area contributed by atoms with E-state index in [1.165, 1.54) is 18.2 Å². The summed E-state index contributed by atoms with van der Waals surface area (Å²) in [6.45, 7) is 2.68. The molecule has 0 radical (unpaired) electrons. The monoisotopic (exact) mass is 362 g/mol. The number of methoxy groups -OCH3 is 1. The fraction of sp³-hybridized carbons (Fsp3) is 0.348. The Kier molecular flexibility index (Phi) is 6.16. The molecule has 0 amide bonds. The number of benzene rings is 2. The molecule has 2 N–H and O–H groups in total. The highest BCUT2D eigenvalue weighted by atomic mass is 16.5. The lowest BCUT2D eigenvalue weighted by Crippen LogP contribution is -2.40. The van der Waals surface area contributed by atoms with Crippen molar-refractivity contribution in [2.45, 2.75) is 25.3 Å². The number of likely N-dealkylation sites (tertiary alicyclic amines) is 1. The van der Waals surface area contributed by atoms with Gasteiger partial charge in [-0.3, -0.25) is 9.69 Å². The maximum atomic E-state index is 11.8. The molecular formula is C23H26N2O2. The highest BCUT2D eigenvalue weighted by molar-refractivity contribution is 5.69. The Bertz CT molecular complexity index is 806. The van der Waals surface area contributed by atoms with Gasteiger partial charge in [0, 0.05) is 37.3 Å². The molecule has 2 atom stereocenters. The van der Waals surface area contributed by atoms with Crippen molar-refractivity contribution in [2.24, 2.45) is 5.92 Å². The number of hydrogen-bond donors (Lipinski definition) is 1. The van der Waals surface area contributed by atoms with E-state index in [0.29, 0.717) is 12.3 Å². The van der Waals surface area contributed by atoms with Gasteiger partial charge in [-0.1, -0.05) is 30.2 Å². The topological polar surface area (TPSA) is 55.6 Å². The standard InChI is InChI=1S/C23H26N2O2/c1-3-17-4-6-18(7-5-17)14-25-15-19(13-23(26)27-2)12-21(16-25)20-8-10-22(24)11-9-20/h1,4-11,19,21H,12-16,24H2,2H3/t19-,21+/m0/s1. The van der Waals surface area contributed by atoms with Gasteiger partial charge in [-0.25, -0.2) is 0 Å². The van der Waals surface area contributed by atoms with Gasteiger partial charge in [-0.15, -0.1) is 6.42 Å². The predicted octanol–water partition coefficient (Wildman–Crippen LogP) is 3.42. The van der Waals surface area contributed by atoms with Crippen LogP contribution in [0.15, 0.2) is 48.5 Å². The van der Waals surface area contributed by atoms with Crippen LogP contribution in [0.1, 0.15) is 35.4 Å². The molecule has 0 unspecified atom stereocenters. The summed E-state index contributed by atoms with van der Waals surface area (Å²) >= 11 is 0. The van der Waals surface area contributed by atoms with Gasteiger partial charge >= 0.3 is 5.97 Å². The van der Waals surface area contributed by atoms with Crippen LogP contribution in [0.5, 0.6) is 0 Å². The Labute approximate surface area is 161 Å². The highest BCUT2D eigenvalue weighted by Gasteiger charge is 2.29. The summed E-state index contributed by atoms with van der Waals surface area (Å²) in [5.74, 6) is 3.16. The van der Waals surface area contributed by atoms with E-state index in [1.54, 1.807) is 0 Å². The number of carbonyl (C=O) groups excluding carboxylic acids is 1. The first kappa shape index (κ1) is 19.0. The number of anilines is 1. The highest BCUT2D eigenvalue weighted by Crippen LogP contribution is 2.33. The molecule has 0 aromatic heterocycles. The summed E-state index contributed by atoms with van der Waals surface area (Å²) in [5, 5.41) is 0. The van der Waals surface area contributed by atoms with E-state index in [1.807, 2.05) is 24.3 Å². The van der Waals surface area contributed by atoms with Crippen LogP contribution >= 0.6 is 0 Å². The molecule has 1 saturated heterocycles. The first-order chi connectivity index (χ1) is 13.1. The first-order valence-corrected chi connectivity index (χ1v) is 9.27. The van der Waals surface area contributed by atoms with Crippen LogP contribution in [0.4, 0.5) is 5.69 Å². The van der Waals surface area contributed by atoms with E-state index in [0.717, 1.165) is 37.3 Å². The van der Waals surface area contributed by atoms with Crippen molar-refractivity contribution in [1.82, 2.24) is 4.90 Å². The molecule has 2 aromatic carbocycles. The second-order valence-corrected chi connectivity index (χ2v) is 7.28. The zero-order chi connectivity index (χ0) is 19.2. The Balaban J connectivity index is 1.75. The SMILES string of the molecule is C#Cc1ccc(CN2C[C@H](CC(=O)OC)C[C@@H](c3ccc(N)cc3)C2)cc1. The van der Waals surface area contributed by atoms with Gasteiger partial charge in [0.2, 0.25) is 0 Å². The molecule has 4 nitrogen and oxygen atoms in total. The number of hydrogen-bond acceptors (Lipinski definition) is 4. The zero-order valence-electron chi connectivity index (χ0n) is 15.7. The summed E-state index contributed by atoms with van der Waals surface area (Å²) in [7, 11) is 1.45. The minimum absolute atomic E-state index is 0.142. The molecule has 0 saturated carbocycles. The van der Waals surface area contributed by atoms with Crippen LogP contribution in [0, 0.1) is 18.3 Å². The zero-order valence-corrected chi connectivity index (χ0v) is 15.7. The number of nitrogen functional groups attached to an aromatic ring is 1. The number of piperidine rings is 1. The average Bonchev–Trinajstić information content (AvgIpc) is 2.69. The molecule has 1 aliphatic rings. The van der Waals surface area contributed by atoms with Crippen molar-refractivity contribution in [3.05, 3.63) is 65.2 Å². The molecule has 1 heterocycles. The number of terminal acetylenes is 1. The number of nitrogens with two attached hydrogens (primary N) is 1. The van der Waals surface area contributed by atoms with Crippen molar-refractivity contribution < 1.29 is 9.53 Å². The van der Waals surface area contributed by atoms with Gasteiger partial charge in [0.25, 0.3) is 0 Å². The summed E-state index contributed by atoms with van der Waals surface area (Å²) in [6.07, 6.45) is 6.87. The average molecular weight is 362 g/mol. The molecule has 1 fully saturated rings. The Hall–Kier alpha value is -2.77. The van der Waals surface area contributed by atoms with Gasteiger partial charge in [-0.05, 0) is 53.6 Å². The third kappa shape index (κ3) is 5.12. The number of ether oxygens (including phenoxy) is 1. The molecule has 2 aromatic rings. The smallest absolute Gasteiger partial charge is 0.305 e. The number of rotatable bonds is 5. The van der Waals surface area contributed by atoms with Crippen molar-refractivity contribution in [3.63, 3.8) is 0 Å². The van der Waals surface area contributed by atoms with Crippen LogP contribution in [0.25, 0.3) is 0 Å². The van der Waals surface area contributed by atoms with Crippen LogP contribution in [-0.2, 0) is 16.1 Å². The van der Waals surface area contributed by atoms with Gasteiger partial charge in [0.15, 0.2) is 0 Å².